The summed E-state index contributed by atoms with van der Waals surface area (Å²) >= 11 is 0. The lowest BCUT2D eigenvalue weighted by Gasteiger charge is -2.18. The predicted octanol–water partition coefficient (Wildman–Crippen LogP) is 4.03. The number of benzene rings is 2. The molecule has 4 nitrogen and oxygen atoms in total. The molecule has 2 rings (SSSR count). The quantitative estimate of drug-likeness (QED) is 0.782. The van der Waals surface area contributed by atoms with E-state index >= 15 is 0 Å². The summed E-state index contributed by atoms with van der Waals surface area (Å²) in [6.45, 7) is 5.85. The van der Waals surface area contributed by atoms with Crippen LogP contribution in [0.25, 0.3) is 0 Å². The monoisotopic (exact) mass is 325 g/mol. The molecular weight excluding hydrogens is 302 g/mol. The van der Waals surface area contributed by atoms with Gasteiger partial charge in [-0.3, -0.25) is 9.59 Å². The average molecular weight is 325 g/mol. The Kier molecular flexibility index (Phi) is 6.13. The smallest absolute Gasteiger partial charge is 0.265 e. The van der Waals surface area contributed by atoms with E-state index in [1.54, 1.807) is 31.2 Å². The first-order valence-electron chi connectivity index (χ1n) is 8.22. The van der Waals surface area contributed by atoms with Gasteiger partial charge in [0, 0.05) is 11.3 Å². The highest BCUT2D eigenvalue weighted by atomic mass is 16.5. The predicted molar refractivity (Wildman–Crippen MR) is 95.7 cm³/mol. The highest BCUT2D eigenvalue weighted by molar-refractivity contribution is 5.95. The maximum Gasteiger partial charge on any atom is 0.265 e. The lowest BCUT2D eigenvalue weighted by Crippen LogP contribution is -2.30. The lowest BCUT2D eigenvalue weighted by molar-refractivity contribution is -0.122. The molecule has 4 heteroatoms. The molecule has 0 radical (unpaired) electrons. The van der Waals surface area contributed by atoms with E-state index in [2.05, 4.69) is 19.2 Å². The van der Waals surface area contributed by atoms with E-state index in [1.165, 1.54) is 0 Å². The number of carbonyl (C=O) groups excluding carboxylic acids is 2. The Labute approximate surface area is 142 Å². The van der Waals surface area contributed by atoms with Crippen LogP contribution in [0, 0.1) is 0 Å². The summed E-state index contributed by atoms with van der Waals surface area (Å²) in [5, 5.41) is 3.00. The standard InChI is InChI=1S/C20H23NO3/c1-4-16-7-6-8-17(5-2)19(16)21-20(23)14(3)24-18-11-9-15(13-22)10-12-18/h6-14H,4-5H2,1-3H3,(H,21,23). The first-order chi connectivity index (χ1) is 11.6. The van der Waals surface area contributed by atoms with Gasteiger partial charge in [-0.2, -0.15) is 0 Å². The number of rotatable bonds is 7. The number of amides is 1. The topological polar surface area (TPSA) is 55.4 Å². The van der Waals surface area contributed by atoms with E-state index in [4.69, 9.17) is 4.74 Å². The minimum absolute atomic E-state index is 0.190. The minimum atomic E-state index is -0.637. The van der Waals surface area contributed by atoms with E-state index < -0.39 is 6.10 Å². The van der Waals surface area contributed by atoms with Crippen LogP contribution in [-0.2, 0) is 17.6 Å². The molecule has 0 saturated heterocycles. The molecule has 24 heavy (non-hydrogen) atoms. The van der Waals surface area contributed by atoms with Gasteiger partial charge in [0.25, 0.3) is 5.91 Å². The number of hydrogen-bond donors (Lipinski definition) is 1. The van der Waals surface area contributed by atoms with Crippen molar-refractivity contribution in [3.05, 3.63) is 59.2 Å². The zero-order valence-electron chi connectivity index (χ0n) is 14.3. The van der Waals surface area contributed by atoms with Crippen molar-refractivity contribution in [3.8, 4) is 5.75 Å². The number of nitrogens with one attached hydrogen (secondary N) is 1. The van der Waals surface area contributed by atoms with Gasteiger partial charge in [0.05, 0.1) is 0 Å². The SMILES string of the molecule is CCc1cccc(CC)c1NC(=O)C(C)Oc1ccc(C=O)cc1. The van der Waals surface area contributed by atoms with Crippen molar-refractivity contribution < 1.29 is 14.3 Å². The summed E-state index contributed by atoms with van der Waals surface area (Å²) in [6, 6.07) is 12.8. The molecule has 0 bridgehead atoms. The molecule has 1 N–H and O–H groups in total. The van der Waals surface area contributed by atoms with Gasteiger partial charge in [-0.15, -0.1) is 0 Å². The summed E-state index contributed by atoms with van der Waals surface area (Å²) in [7, 11) is 0. The van der Waals surface area contributed by atoms with Crippen molar-refractivity contribution in [1.29, 1.82) is 0 Å². The molecule has 0 saturated carbocycles. The van der Waals surface area contributed by atoms with Crippen LogP contribution in [0.3, 0.4) is 0 Å². The van der Waals surface area contributed by atoms with Crippen LogP contribution in [0.4, 0.5) is 5.69 Å². The number of hydrogen-bond acceptors (Lipinski definition) is 3. The van der Waals surface area contributed by atoms with Gasteiger partial charge in [0.2, 0.25) is 0 Å². The Morgan fingerprint density at radius 2 is 1.67 bits per heavy atom. The summed E-state index contributed by atoms with van der Waals surface area (Å²) in [5.74, 6) is 0.368. The fourth-order valence-corrected chi connectivity index (χ4v) is 2.51. The van der Waals surface area contributed by atoms with Gasteiger partial charge in [0.15, 0.2) is 6.10 Å². The Hall–Kier alpha value is -2.62. The third-order valence-electron chi connectivity index (χ3n) is 3.95. The normalized spacial score (nSPS) is 11.6. The highest BCUT2D eigenvalue weighted by Gasteiger charge is 2.17. The van der Waals surface area contributed by atoms with E-state index in [0.29, 0.717) is 11.3 Å². The molecule has 126 valence electrons. The molecule has 0 aliphatic carbocycles. The fraction of sp³-hybridized carbons (Fsp3) is 0.300. The zero-order valence-corrected chi connectivity index (χ0v) is 14.3. The maximum atomic E-state index is 12.5. The molecule has 1 unspecified atom stereocenters. The summed E-state index contributed by atoms with van der Waals surface area (Å²) in [6.07, 6.45) is 1.84. The molecule has 2 aromatic rings. The molecule has 0 aromatic heterocycles. The fourth-order valence-electron chi connectivity index (χ4n) is 2.51. The summed E-state index contributed by atoms with van der Waals surface area (Å²) in [4.78, 5) is 23.2. The Morgan fingerprint density at radius 1 is 1.08 bits per heavy atom. The van der Waals surface area contributed by atoms with Crippen molar-refractivity contribution >= 4 is 17.9 Å². The summed E-state index contributed by atoms with van der Waals surface area (Å²) < 4.78 is 5.67. The molecule has 2 aromatic carbocycles. The molecule has 1 amide bonds. The number of carbonyl (C=O) groups is 2. The highest BCUT2D eigenvalue weighted by Crippen LogP contribution is 2.23. The van der Waals surface area contributed by atoms with E-state index in [9.17, 15) is 9.59 Å². The van der Waals surface area contributed by atoms with Crippen LogP contribution in [0.1, 0.15) is 42.3 Å². The van der Waals surface area contributed by atoms with Crippen LogP contribution in [-0.4, -0.2) is 18.3 Å². The second kappa shape index (κ2) is 8.29. The number of para-hydroxylation sites is 1. The number of aldehydes is 1. The number of ether oxygens (including phenoxy) is 1. The van der Waals surface area contributed by atoms with Crippen molar-refractivity contribution in [2.45, 2.75) is 39.7 Å². The van der Waals surface area contributed by atoms with Gasteiger partial charge >= 0.3 is 0 Å². The van der Waals surface area contributed by atoms with Crippen LogP contribution < -0.4 is 10.1 Å². The van der Waals surface area contributed by atoms with Crippen molar-refractivity contribution in [2.75, 3.05) is 5.32 Å². The first-order valence-corrected chi connectivity index (χ1v) is 8.22. The van der Waals surface area contributed by atoms with Crippen LogP contribution >= 0.6 is 0 Å². The second-order valence-corrected chi connectivity index (χ2v) is 5.59. The van der Waals surface area contributed by atoms with Crippen LogP contribution in [0.2, 0.25) is 0 Å². The number of anilines is 1. The van der Waals surface area contributed by atoms with Gasteiger partial charge < -0.3 is 10.1 Å². The van der Waals surface area contributed by atoms with Gasteiger partial charge in [0.1, 0.15) is 12.0 Å². The molecule has 0 spiro atoms. The molecule has 1 atom stereocenters. The Morgan fingerprint density at radius 3 is 2.17 bits per heavy atom. The largest absolute Gasteiger partial charge is 0.481 e. The zero-order chi connectivity index (χ0) is 17.5. The van der Waals surface area contributed by atoms with Crippen LogP contribution in [0.15, 0.2) is 42.5 Å². The van der Waals surface area contributed by atoms with Gasteiger partial charge in [-0.1, -0.05) is 32.0 Å². The van der Waals surface area contributed by atoms with E-state index in [1.807, 2.05) is 18.2 Å². The third-order valence-corrected chi connectivity index (χ3v) is 3.95. The third kappa shape index (κ3) is 4.22. The molecule has 0 aliphatic rings. The number of aryl methyl sites for hydroxylation is 2. The Balaban J connectivity index is 2.10. The summed E-state index contributed by atoms with van der Waals surface area (Å²) in [5.41, 5.74) is 3.69. The van der Waals surface area contributed by atoms with Gasteiger partial charge in [-0.25, -0.2) is 0 Å². The molecule has 0 fully saturated rings. The van der Waals surface area contributed by atoms with Crippen molar-refractivity contribution in [3.63, 3.8) is 0 Å². The first kappa shape index (κ1) is 17.7. The molecule has 0 heterocycles. The minimum Gasteiger partial charge on any atom is -0.481 e. The van der Waals surface area contributed by atoms with E-state index in [0.717, 1.165) is 35.9 Å². The molecule has 0 aliphatic heterocycles. The lowest BCUT2D eigenvalue weighted by atomic mass is 10.0. The van der Waals surface area contributed by atoms with Crippen molar-refractivity contribution in [1.82, 2.24) is 0 Å². The second-order valence-electron chi connectivity index (χ2n) is 5.59. The molecular formula is C20H23NO3. The average Bonchev–Trinajstić information content (AvgIpc) is 2.62. The maximum absolute atomic E-state index is 12.5. The Bertz CT molecular complexity index is 685. The van der Waals surface area contributed by atoms with E-state index in [-0.39, 0.29) is 5.91 Å². The van der Waals surface area contributed by atoms with Crippen molar-refractivity contribution in [2.24, 2.45) is 0 Å². The van der Waals surface area contributed by atoms with Gasteiger partial charge in [-0.05, 0) is 55.2 Å². The van der Waals surface area contributed by atoms with Crippen LogP contribution in [0.5, 0.6) is 5.75 Å².